The van der Waals surface area contributed by atoms with Crippen LogP contribution in [0.5, 0.6) is 0 Å². The lowest BCUT2D eigenvalue weighted by Crippen LogP contribution is -2.47. The zero-order valence-corrected chi connectivity index (χ0v) is 15.7. The second kappa shape index (κ2) is 10.4. The third kappa shape index (κ3) is 7.25. The number of hydrogen-bond donors (Lipinski definition) is 3. The van der Waals surface area contributed by atoms with Crippen LogP contribution < -0.4 is 10.9 Å². The molecule has 0 heterocycles. The molecule has 0 amide bonds. The van der Waals surface area contributed by atoms with Crippen molar-refractivity contribution in [2.45, 2.75) is 56.8 Å². The molecular weight excluding hydrogens is 314 g/mol. The molecule has 1 aromatic rings. The van der Waals surface area contributed by atoms with Crippen LogP contribution in [0.3, 0.4) is 0 Å². The Labute approximate surface area is 142 Å². The number of aliphatic hydroxyl groups excluding tert-OH is 2. The minimum absolute atomic E-state index is 0. The summed E-state index contributed by atoms with van der Waals surface area (Å²) in [6.07, 6.45) is 5.25. The predicted molar refractivity (Wildman–Crippen MR) is 99.8 cm³/mol. The van der Waals surface area contributed by atoms with Gasteiger partial charge in [0, 0.05) is 0 Å². The fourth-order valence-corrected chi connectivity index (χ4v) is 5.16. The lowest BCUT2D eigenvalue weighted by atomic mass is 9.95. The Hall–Kier alpha value is -0.393. The molecule has 0 bridgehead atoms. The van der Waals surface area contributed by atoms with Crippen LogP contribution in [0, 0.1) is 0 Å². The summed E-state index contributed by atoms with van der Waals surface area (Å²) in [5.74, 6) is 0. The smallest absolute Gasteiger partial charge is 0.0806 e. The van der Waals surface area contributed by atoms with Crippen molar-refractivity contribution >= 4 is 25.7 Å². The zero-order valence-electron chi connectivity index (χ0n) is 13.9. The van der Waals surface area contributed by atoms with Crippen LogP contribution in [0.25, 0.3) is 0 Å². The standard InChI is InChI=1S/C17H31NO2Si.ClH/c1-21(2,16-10-6-5-7-11-16)13-9-4-3-8-12-17(18,14-19)15-20;/h5-7,10-11,19-20H,3-4,8-9,12-15,18H2,1-2H3;1H. The Morgan fingerprint density at radius 3 is 2.05 bits per heavy atom. The van der Waals surface area contributed by atoms with Crippen LogP contribution >= 0.6 is 12.4 Å². The second-order valence-electron chi connectivity index (χ2n) is 6.84. The van der Waals surface area contributed by atoms with Gasteiger partial charge in [0.2, 0.25) is 0 Å². The molecule has 1 aromatic carbocycles. The molecule has 4 N–H and O–H groups in total. The molecule has 0 spiro atoms. The summed E-state index contributed by atoms with van der Waals surface area (Å²) in [5.41, 5.74) is 5.07. The van der Waals surface area contributed by atoms with Gasteiger partial charge in [-0.25, -0.2) is 0 Å². The minimum Gasteiger partial charge on any atom is -0.394 e. The summed E-state index contributed by atoms with van der Waals surface area (Å²) in [6, 6.07) is 12.2. The van der Waals surface area contributed by atoms with Gasteiger partial charge in [-0.2, -0.15) is 0 Å². The van der Waals surface area contributed by atoms with E-state index in [1.54, 1.807) is 0 Å². The predicted octanol–water partition coefficient (Wildman–Crippen LogP) is 2.66. The lowest BCUT2D eigenvalue weighted by Gasteiger charge is -2.25. The first kappa shape index (κ1) is 21.6. The fraction of sp³-hybridized carbons (Fsp3) is 0.647. The Bertz CT molecular complexity index is 397. The molecule has 1 rings (SSSR count). The largest absolute Gasteiger partial charge is 0.394 e. The van der Waals surface area contributed by atoms with Crippen molar-refractivity contribution in [2.24, 2.45) is 5.73 Å². The Balaban J connectivity index is 0.00000441. The first-order chi connectivity index (χ1) is 9.93. The number of aliphatic hydroxyl groups is 2. The summed E-state index contributed by atoms with van der Waals surface area (Å²) in [6.45, 7) is 4.59. The van der Waals surface area contributed by atoms with Crippen molar-refractivity contribution in [3.63, 3.8) is 0 Å². The van der Waals surface area contributed by atoms with E-state index in [1.165, 1.54) is 24.1 Å². The van der Waals surface area contributed by atoms with Gasteiger partial charge in [0.15, 0.2) is 0 Å². The fourth-order valence-electron chi connectivity index (χ4n) is 2.64. The number of hydrogen-bond acceptors (Lipinski definition) is 3. The highest BCUT2D eigenvalue weighted by molar-refractivity contribution is 6.89. The van der Waals surface area contributed by atoms with E-state index in [9.17, 15) is 0 Å². The SMILES string of the molecule is C[Si](C)(CCCCCCC(N)(CO)CO)c1ccccc1.Cl. The number of halogens is 1. The maximum absolute atomic E-state index is 9.14. The topological polar surface area (TPSA) is 66.5 Å². The lowest BCUT2D eigenvalue weighted by molar-refractivity contribution is 0.112. The first-order valence-corrected chi connectivity index (χ1v) is 11.2. The van der Waals surface area contributed by atoms with Crippen LogP contribution in [-0.4, -0.2) is 37.0 Å². The quantitative estimate of drug-likeness (QED) is 0.451. The highest BCUT2D eigenvalue weighted by Crippen LogP contribution is 2.17. The molecule has 22 heavy (non-hydrogen) atoms. The zero-order chi connectivity index (χ0) is 15.8. The average Bonchev–Trinajstić information content (AvgIpc) is 2.51. The van der Waals surface area contributed by atoms with E-state index in [1.807, 2.05) is 0 Å². The minimum atomic E-state index is -1.29. The number of nitrogens with two attached hydrogens (primary N) is 1. The summed E-state index contributed by atoms with van der Waals surface area (Å²) >= 11 is 0. The van der Waals surface area contributed by atoms with E-state index in [0.717, 1.165) is 12.8 Å². The molecular formula is C17H32ClNO2Si. The number of unbranched alkanes of at least 4 members (excludes halogenated alkanes) is 3. The Kier molecular flexibility index (Phi) is 10.2. The normalized spacial score (nSPS) is 12.0. The van der Waals surface area contributed by atoms with Crippen LogP contribution in [0.2, 0.25) is 19.1 Å². The van der Waals surface area contributed by atoms with Gasteiger partial charge in [-0.3, -0.25) is 0 Å². The van der Waals surface area contributed by atoms with E-state index in [4.69, 9.17) is 15.9 Å². The van der Waals surface area contributed by atoms with Crippen LogP contribution in [0.15, 0.2) is 30.3 Å². The van der Waals surface area contributed by atoms with Crippen molar-refractivity contribution in [3.8, 4) is 0 Å². The maximum atomic E-state index is 9.14. The molecule has 0 fully saturated rings. The molecule has 3 nitrogen and oxygen atoms in total. The monoisotopic (exact) mass is 345 g/mol. The summed E-state index contributed by atoms with van der Waals surface area (Å²) in [5, 5.41) is 19.8. The molecule has 0 atom stereocenters. The summed E-state index contributed by atoms with van der Waals surface area (Å²) in [7, 11) is -1.29. The van der Waals surface area contributed by atoms with E-state index in [2.05, 4.69) is 43.4 Å². The first-order valence-electron chi connectivity index (χ1n) is 8.00. The van der Waals surface area contributed by atoms with Gasteiger partial charge in [0.1, 0.15) is 0 Å². The van der Waals surface area contributed by atoms with Crippen molar-refractivity contribution in [3.05, 3.63) is 30.3 Å². The average molecular weight is 346 g/mol. The highest BCUT2D eigenvalue weighted by Gasteiger charge is 2.23. The van der Waals surface area contributed by atoms with Gasteiger partial charge < -0.3 is 15.9 Å². The summed E-state index contributed by atoms with van der Waals surface area (Å²) in [4.78, 5) is 0. The van der Waals surface area contributed by atoms with Crippen LogP contribution in [0.4, 0.5) is 0 Å². The van der Waals surface area contributed by atoms with E-state index >= 15 is 0 Å². The van der Waals surface area contributed by atoms with Gasteiger partial charge in [-0.15, -0.1) is 12.4 Å². The molecule has 5 heteroatoms. The molecule has 0 saturated carbocycles. The molecule has 0 aliphatic carbocycles. The number of benzene rings is 1. The van der Waals surface area contributed by atoms with E-state index in [0.29, 0.717) is 6.42 Å². The molecule has 0 aromatic heterocycles. The van der Waals surface area contributed by atoms with Crippen molar-refractivity contribution in [1.29, 1.82) is 0 Å². The molecule has 0 aliphatic rings. The van der Waals surface area contributed by atoms with Crippen LogP contribution in [-0.2, 0) is 0 Å². The Morgan fingerprint density at radius 1 is 0.955 bits per heavy atom. The molecule has 0 unspecified atom stereocenters. The molecule has 128 valence electrons. The second-order valence-corrected chi connectivity index (χ2v) is 11.7. The van der Waals surface area contributed by atoms with Crippen LogP contribution in [0.1, 0.15) is 32.1 Å². The Morgan fingerprint density at radius 2 is 1.50 bits per heavy atom. The number of rotatable bonds is 10. The van der Waals surface area contributed by atoms with Gasteiger partial charge in [0.05, 0.1) is 26.8 Å². The highest BCUT2D eigenvalue weighted by atomic mass is 35.5. The van der Waals surface area contributed by atoms with Crippen molar-refractivity contribution in [1.82, 2.24) is 0 Å². The summed E-state index contributed by atoms with van der Waals surface area (Å²) < 4.78 is 0. The molecule has 0 aliphatic heterocycles. The van der Waals surface area contributed by atoms with Gasteiger partial charge in [-0.1, -0.05) is 80.3 Å². The van der Waals surface area contributed by atoms with Gasteiger partial charge >= 0.3 is 0 Å². The van der Waals surface area contributed by atoms with Crippen molar-refractivity contribution < 1.29 is 10.2 Å². The van der Waals surface area contributed by atoms with Gasteiger partial charge in [-0.05, 0) is 6.42 Å². The van der Waals surface area contributed by atoms with Gasteiger partial charge in [0.25, 0.3) is 0 Å². The molecule has 0 saturated heterocycles. The third-order valence-electron chi connectivity index (χ3n) is 4.41. The van der Waals surface area contributed by atoms with Crippen molar-refractivity contribution in [2.75, 3.05) is 13.2 Å². The third-order valence-corrected chi connectivity index (χ3v) is 7.91. The van der Waals surface area contributed by atoms with E-state index in [-0.39, 0.29) is 25.6 Å². The maximum Gasteiger partial charge on any atom is 0.0806 e. The molecule has 0 radical (unpaired) electrons. The van der Waals surface area contributed by atoms with E-state index < -0.39 is 13.6 Å².